The van der Waals surface area contributed by atoms with Gasteiger partial charge in [-0.05, 0) is 36.4 Å². The Balaban J connectivity index is 1.34. The lowest BCUT2D eigenvalue weighted by molar-refractivity contribution is -0.141. The number of anilines is 3. The molecule has 2 fully saturated rings. The average Bonchev–Trinajstić information content (AvgIpc) is 3.37. The van der Waals surface area contributed by atoms with Crippen molar-refractivity contribution in [3.8, 4) is 11.4 Å². The summed E-state index contributed by atoms with van der Waals surface area (Å²) in [6.45, 7) is -0.893. The Kier molecular flexibility index (Phi) is 6.25. The summed E-state index contributed by atoms with van der Waals surface area (Å²) < 4.78 is 60.9. The van der Waals surface area contributed by atoms with Gasteiger partial charge in [0, 0.05) is 23.9 Å². The van der Waals surface area contributed by atoms with Gasteiger partial charge in [-0.2, -0.15) is 18.3 Å². The van der Waals surface area contributed by atoms with Crippen molar-refractivity contribution in [2.75, 3.05) is 28.7 Å². The van der Waals surface area contributed by atoms with Crippen LogP contribution in [0.1, 0.15) is 6.42 Å². The van der Waals surface area contributed by atoms with Gasteiger partial charge in [0.1, 0.15) is 18.5 Å². The normalized spacial score (nSPS) is 20.8. The van der Waals surface area contributed by atoms with Gasteiger partial charge in [0.05, 0.1) is 48.8 Å². The molecule has 2 amide bonds. The summed E-state index contributed by atoms with van der Waals surface area (Å²) in [7, 11) is 0. The van der Waals surface area contributed by atoms with Crippen LogP contribution >= 0.6 is 0 Å². The predicted octanol–water partition coefficient (Wildman–Crippen LogP) is 4.41. The second-order valence-corrected chi connectivity index (χ2v) is 9.34. The van der Waals surface area contributed by atoms with E-state index in [-0.39, 0.29) is 37.1 Å². The number of benzene rings is 1. The van der Waals surface area contributed by atoms with E-state index in [1.54, 1.807) is 47.5 Å². The molecule has 3 atom stereocenters. The van der Waals surface area contributed by atoms with Gasteiger partial charge in [-0.15, -0.1) is 0 Å². The standard InChI is InChI=1S/C25H22F4N8O2/c26-19-8-17-11-39-12-20(19)37(17)23-18-10-31-36(13-25(27,28)29)22(18)34-21(35-23)14-3-5-15(6-4-14)32-24(38)33-16-2-1-7-30-9-16/h1-7,9-10,17,19-20H,8,11-13H2,(H2,32,33,38). The Morgan fingerprint density at radius 1 is 1.05 bits per heavy atom. The van der Waals surface area contributed by atoms with Crippen molar-refractivity contribution < 1.29 is 27.1 Å². The number of pyridine rings is 1. The molecule has 0 saturated carbocycles. The molecule has 0 aliphatic carbocycles. The number of aromatic nitrogens is 5. The Hall–Kier alpha value is -4.33. The number of carbonyl (C=O) groups excluding carboxylic acids is 1. The Bertz CT molecular complexity index is 1500. The number of nitrogens with one attached hydrogen (secondary N) is 2. The van der Waals surface area contributed by atoms with Gasteiger partial charge in [-0.3, -0.25) is 4.98 Å². The van der Waals surface area contributed by atoms with Crippen LogP contribution < -0.4 is 15.5 Å². The topological polar surface area (TPSA) is 110 Å². The number of alkyl halides is 4. The zero-order valence-electron chi connectivity index (χ0n) is 20.3. The molecular weight excluding hydrogens is 520 g/mol. The van der Waals surface area contributed by atoms with E-state index in [9.17, 15) is 22.4 Å². The van der Waals surface area contributed by atoms with E-state index in [0.29, 0.717) is 28.1 Å². The van der Waals surface area contributed by atoms with Crippen LogP contribution in [-0.2, 0) is 11.3 Å². The molecule has 10 nitrogen and oxygen atoms in total. The van der Waals surface area contributed by atoms with E-state index in [2.05, 4.69) is 30.7 Å². The number of carbonyl (C=O) groups is 1. The lowest BCUT2D eigenvalue weighted by atomic mass is 10.1. The lowest BCUT2D eigenvalue weighted by Crippen LogP contribution is -2.48. The fourth-order valence-corrected chi connectivity index (χ4v) is 4.95. The van der Waals surface area contributed by atoms with Gasteiger partial charge < -0.3 is 20.3 Å². The van der Waals surface area contributed by atoms with Crippen LogP contribution in [0.2, 0.25) is 0 Å². The van der Waals surface area contributed by atoms with Gasteiger partial charge in [-0.25, -0.2) is 23.8 Å². The van der Waals surface area contributed by atoms with Crippen molar-refractivity contribution in [3.63, 3.8) is 0 Å². The molecule has 14 heteroatoms. The van der Waals surface area contributed by atoms with Crippen LogP contribution in [0.4, 0.5) is 39.5 Å². The molecule has 2 saturated heterocycles. The maximum absolute atomic E-state index is 14.8. The minimum atomic E-state index is -4.52. The van der Waals surface area contributed by atoms with Gasteiger partial charge in [0.2, 0.25) is 0 Å². The third kappa shape index (κ3) is 5.06. The maximum Gasteiger partial charge on any atom is 0.408 e. The first-order valence-electron chi connectivity index (χ1n) is 12.1. The summed E-state index contributed by atoms with van der Waals surface area (Å²) in [4.78, 5) is 27.1. The van der Waals surface area contributed by atoms with E-state index in [0.717, 1.165) is 4.68 Å². The highest BCUT2D eigenvalue weighted by molar-refractivity contribution is 5.99. The molecule has 0 spiro atoms. The van der Waals surface area contributed by atoms with Gasteiger partial charge >= 0.3 is 12.2 Å². The first-order chi connectivity index (χ1) is 18.7. The predicted molar refractivity (Wildman–Crippen MR) is 134 cm³/mol. The monoisotopic (exact) mass is 542 g/mol. The highest BCUT2D eigenvalue weighted by Gasteiger charge is 2.46. The van der Waals surface area contributed by atoms with Crippen molar-refractivity contribution in [1.82, 2.24) is 24.7 Å². The van der Waals surface area contributed by atoms with Crippen molar-refractivity contribution in [2.45, 2.75) is 37.4 Å². The first-order valence-corrected chi connectivity index (χ1v) is 12.1. The van der Waals surface area contributed by atoms with Crippen molar-refractivity contribution in [2.24, 2.45) is 0 Å². The number of fused-ring (bicyclic) bond motifs is 3. The number of hydrogen-bond acceptors (Lipinski definition) is 7. The molecule has 202 valence electrons. The number of nitrogens with zero attached hydrogens (tertiary/aromatic N) is 6. The fraction of sp³-hybridized carbons (Fsp3) is 0.320. The minimum Gasteiger partial charge on any atom is -0.377 e. The van der Waals surface area contributed by atoms with Crippen LogP contribution in [0.15, 0.2) is 55.0 Å². The molecule has 5 heterocycles. The number of urea groups is 1. The summed E-state index contributed by atoms with van der Waals surface area (Å²) in [5.74, 6) is 0.467. The molecule has 4 aromatic rings. The van der Waals surface area contributed by atoms with Crippen molar-refractivity contribution in [3.05, 3.63) is 55.0 Å². The molecule has 2 bridgehead atoms. The molecule has 39 heavy (non-hydrogen) atoms. The number of hydrogen-bond donors (Lipinski definition) is 2. The fourth-order valence-electron chi connectivity index (χ4n) is 4.95. The molecular formula is C25H22F4N8O2. The van der Waals surface area contributed by atoms with Crippen LogP contribution in [0, 0.1) is 0 Å². The SMILES string of the molecule is O=C(Nc1ccc(-c2nc(N3C4COCC3C(F)C4)c3cnn(CC(F)(F)F)c3n2)cc1)Nc1cccnc1. The van der Waals surface area contributed by atoms with E-state index >= 15 is 0 Å². The molecule has 6 rings (SSSR count). The molecule has 1 aromatic carbocycles. The maximum atomic E-state index is 14.8. The zero-order valence-corrected chi connectivity index (χ0v) is 20.3. The van der Waals surface area contributed by atoms with E-state index in [1.807, 2.05) is 0 Å². The summed E-state index contributed by atoms with van der Waals surface area (Å²) in [6, 6.07) is 8.51. The Morgan fingerprint density at radius 3 is 2.56 bits per heavy atom. The van der Waals surface area contributed by atoms with Crippen LogP contribution in [0.5, 0.6) is 0 Å². The molecule has 3 aromatic heterocycles. The second-order valence-electron chi connectivity index (χ2n) is 9.34. The molecule has 3 unspecified atom stereocenters. The largest absolute Gasteiger partial charge is 0.408 e. The molecule has 2 aliphatic heterocycles. The van der Waals surface area contributed by atoms with Crippen LogP contribution in [0.25, 0.3) is 22.4 Å². The summed E-state index contributed by atoms with van der Waals surface area (Å²) >= 11 is 0. The van der Waals surface area contributed by atoms with Crippen LogP contribution in [-0.4, -0.2) is 68.4 Å². The second kappa shape index (κ2) is 9.76. The number of morpholine rings is 1. The Labute approximate surface area is 219 Å². The number of amides is 2. The van der Waals surface area contributed by atoms with Crippen molar-refractivity contribution in [1.29, 1.82) is 0 Å². The average molecular weight is 542 g/mol. The Morgan fingerprint density at radius 2 is 1.85 bits per heavy atom. The molecule has 2 aliphatic rings. The minimum absolute atomic E-state index is 0.00771. The number of ether oxygens (including phenoxy) is 1. The van der Waals surface area contributed by atoms with E-state index in [4.69, 9.17) is 4.74 Å². The summed E-state index contributed by atoms with van der Waals surface area (Å²) in [6.07, 6.45) is -1.05. The summed E-state index contributed by atoms with van der Waals surface area (Å²) in [5, 5.41) is 9.58. The van der Waals surface area contributed by atoms with E-state index in [1.165, 1.54) is 12.4 Å². The van der Waals surface area contributed by atoms with Crippen molar-refractivity contribution >= 4 is 34.3 Å². The van der Waals surface area contributed by atoms with Gasteiger partial charge in [0.15, 0.2) is 11.5 Å². The summed E-state index contributed by atoms with van der Waals surface area (Å²) in [5.41, 5.74) is 1.47. The number of halogens is 4. The highest BCUT2D eigenvalue weighted by atomic mass is 19.4. The quantitative estimate of drug-likeness (QED) is 0.360. The third-order valence-electron chi connectivity index (χ3n) is 6.63. The van der Waals surface area contributed by atoms with Gasteiger partial charge in [-0.1, -0.05) is 0 Å². The smallest absolute Gasteiger partial charge is 0.377 e. The lowest BCUT2D eigenvalue weighted by Gasteiger charge is -2.35. The molecule has 2 N–H and O–H groups in total. The highest BCUT2D eigenvalue weighted by Crippen LogP contribution is 2.39. The van der Waals surface area contributed by atoms with E-state index < -0.39 is 31.0 Å². The third-order valence-corrected chi connectivity index (χ3v) is 6.63. The number of rotatable bonds is 5. The zero-order chi connectivity index (χ0) is 27.1. The van der Waals surface area contributed by atoms with Crippen LogP contribution in [0.3, 0.4) is 0 Å². The first kappa shape index (κ1) is 25.0. The molecule has 0 radical (unpaired) electrons. The van der Waals surface area contributed by atoms with Gasteiger partial charge in [0.25, 0.3) is 0 Å².